The number of aromatic nitrogens is 7. The molecule has 31 heavy (non-hydrogen) atoms. The molecule has 1 aromatic carbocycles. The summed E-state index contributed by atoms with van der Waals surface area (Å²) < 4.78 is 0. The van der Waals surface area contributed by atoms with Crippen LogP contribution in [0.2, 0.25) is 0 Å². The van der Waals surface area contributed by atoms with Gasteiger partial charge in [-0.3, -0.25) is 15.1 Å². The number of fused-ring (bicyclic) bond motifs is 2. The predicted octanol–water partition coefficient (Wildman–Crippen LogP) is 4.93. The summed E-state index contributed by atoms with van der Waals surface area (Å²) in [6.45, 7) is 2.08. The zero-order chi connectivity index (χ0) is 20.8. The van der Waals surface area contributed by atoms with Crippen LogP contribution in [0, 0.1) is 6.92 Å². The Morgan fingerprint density at radius 1 is 0.774 bits per heavy atom. The van der Waals surface area contributed by atoms with Crippen molar-refractivity contribution in [2.75, 3.05) is 0 Å². The maximum Gasteiger partial charge on any atom is 0.161 e. The minimum absolute atomic E-state index is 0.655. The van der Waals surface area contributed by atoms with Crippen LogP contribution in [-0.4, -0.2) is 35.1 Å². The van der Waals surface area contributed by atoms with Gasteiger partial charge in [0, 0.05) is 29.7 Å². The van der Waals surface area contributed by atoms with Gasteiger partial charge >= 0.3 is 0 Å². The minimum Gasteiger partial charge on any atom is -0.335 e. The standard InChI is InChI=1S/C24H17N7/c1-14-3-2-4-16(11-14)17-12-26-13-20-21(17)29-24(28-20)23-22-19(30-31-23)6-5-18(27-22)15-7-9-25-10-8-15/h2-13H,1H3,(H,28,29)(H,30,31). The van der Waals surface area contributed by atoms with E-state index in [1.165, 1.54) is 5.56 Å². The average Bonchev–Trinajstić information content (AvgIpc) is 3.43. The second kappa shape index (κ2) is 6.84. The molecule has 0 unspecified atom stereocenters. The molecule has 0 spiro atoms. The third-order valence-corrected chi connectivity index (χ3v) is 5.33. The number of hydrogen-bond acceptors (Lipinski definition) is 5. The Labute approximate surface area is 177 Å². The van der Waals surface area contributed by atoms with Crippen LogP contribution in [0.5, 0.6) is 0 Å². The van der Waals surface area contributed by atoms with E-state index in [9.17, 15) is 0 Å². The largest absolute Gasteiger partial charge is 0.335 e. The Morgan fingerprint density at radius 3 is 2.55 bits per heavy atom. The molecule has 5 heterocycles. The lowest BCUT2D eigenvalue weighted by molar-refractivity contribution is 1.10. The summed E-state index contributed by atoms with van der Waals surface area (Å²) in [4.78, 5) is 21.6. The summed E-state index contributed by atoms with van der Waals surface area (Å²) in [7, 11) is 0. The molecule has 0 aliphatic carbocycles. The summed E-state index contributed by atoms with van der Waals surface area (Å²) in [5.74, 6) is 0.655. The first-order chi connectivity index (χ1) is 15.3. The average molecular weight is 403 g/mol. The second-order valence-corrected chi connectivity index (χ2v) is 7.44. The summed E-state index contributed by atoms with van der Waals surface area (Å²) in [5, 5.41) is 7.56. The summed E-state index contributed by atoms with van der Waals surface area (Å²) in [6, 6.07) is 16.2. The lowest BCUT2D eigenvalue weighted by Gasteiger charge is -2.03. The van der Waals surface area contributed by atoms with E-state index in [1.807, 2.05) is 36.5 Å². The van der Waals surface area contributed by atoms with Crippen molar-refractivity contribution in [1.82, 2.24) is 35.1 Å². The van der Waals surface area contributed by atoms with Gasteiger partial charge in [-0.05, 0) is 36.8 Å². The third kappa shape index (κ3) is 2.95. The van der Waals surface area contributed by atoms with Crippen LogP contribution in [0.3, 0.4) is 0 Å². The molecule has 0 aliphatic heterocycles. The van der Waals surface area contributed by atoms with Crippen molar-refractivity contribution in [3.8, 4) is 33.9 Å². The van der Waals surface area contributed by atoms with Gasteiger partial charge in [-0.1, -0.05) is 29.8 Å². The smallest absolute Gasteiger partial charge is 0.161 e. The predicted molar refractivity (Wildman–Crippen MR) is 120 cm³/mol. The number of benzene rings is 1. The molecule has 6 rings (SSSR count). The molecule has 5 aromatic heterocycles. The van der Waals surface area contributed by atoms with Crippen molar-refractivity contribution in [2.24, 2.45) is 0 Å². The molecular formula is C24H17N7. The fraction of sp³-hybridized carbons (Fsp3) is 0.0417. The number of nitrogens with one attached hydrogen (secondary N) is 2. The molecule has 0 fully saturated rings. The monoisotopic (exact) mass is 403 g/mol. The van der Waals surface area contributed by atoms with Crippen molar-refractivity contribution in [2.45, 2.75) is 6.92 Å². The van der Waals surface area contributed by atoms with Crippen LogP contribution >= 0.6 is 0 Å². The molecule has 7 heteroatoms. The van der Waals surface area contributed by atoms with Gasteiger partial charge in [0.25, 0.3) is 0 Å². The number of hydrogen-bond donors (Lipinski definition) is 2. The molecule has 0 bridgehead atoms. The van der Waals surface area contributed by atoms with E-state index in [2.05, 4.69) is 50.3 Å². The van der Waals surface area contributed by atoms with Crippen LogP contribution in [0.25, 0.3) is 56.0 Å². The first-order valence-corrected chi connectivity index (χ1v) is 9.93. The van der Waals surface area contributed by atoms with Gasteiger partial charge in [0.1, 0.15) is 5.52 Å². The van der Waals surface area contributed by atoms with Gasteiger partial charge in [-0.25, -0.2) is 9.97 Å². The zero-order valence-corrected chi connectivity index (χ0v) is 16.7. The maximum absolute atomic E-state index is 4.89. The van der Waals surface area contributed by atoms with Gasteiger partial charge < -0.3 is 4.98 Å². The number of aryl methyl sites for hydroxylation is 1. The van der Waals surface area contributed by atoms with Crippen LogP contribution in [0.15, 0.2) is 73.3 Å². The van der Waals surface area contributed by atoms with E-state index >= 15 is 0 Å². The van der Waals surface area contributed by atoms with Crippen LogP contribution < -0.4 is 0 Å². The summed E-state index contributed by atoms with van der Waals surface area (Å²) in [6.07, 6.45) is 7.16. The van der Waals surface area contributed by atoms with Gasteiger partial charge in [-0.15, -0.1) is 0 Å². The molecule has 0 amide bonds. The minimum atomic E-state index is 0.655. The van der Waals surface area contributed by atoms with Crippen molar-refractivity contribution >= 4 is 22.1 Å². The number of pyridine rings is 3. The highest BCUT2D eigenvalue weighted by Gasteiger charge is 2.17. The Kier molecular flexibility index (Phi) is 3.86. The number of H-pyrrole nitrogens is 2. The number of rotatable bonds is 3. The summed E-state index contributed by atoms with van der Waals surface area (Å²) >= 11 is 0. The molecule has 148 valence electrons. The van der Waals surface area contributed by atoms with Gasteiger partial charge in [0.15, 0.2) is 11.5 Å². The molecular weight excluding hydrogens is 386 g/mol. The third-order valence-electron chi connectivity index (χ3n) is 5.33. The zero-order valence-electron chi connectivity index (χ0n) is 16.7. The highest BCUT2D eigenvalue weighted by Crippen LogP contribution is 2.31. The Hall–Kier alpha value is -4.39. The first-order valence-electron chi connectivity index (χ1n) is 9.93. The topological polar surface area (TPSA) is 96.0 Å². The lowest BCUT2D eigenvalue weighted by atomic mass is 10.0. The van der Waals surface area contributed by atoms with E-state index < -0.39 is 0 Å². The van der Waals surface area contributed by atoms with Crippen molar-refractivity contribution in [1.29, 1.82) is 0 Å². The maximum atomic E-state index is 4.89. The number of imidazole rings is 1. The van der Waals surface area contributed by atoms with Gasteiger partial charge in [0.2, 0.25) is 0 Å². The Bertz CT molecular complexity index is 1550. The molecule has 2 N–H and O–H groups in total. The quantitative estimate of drug-likeness (QED) is 0.437. The van der Waals surface area contributed by atoms with Crippen LogP contribution in [0.1, 0.15) is 5.56 Å². The molecule has 6 aromatic rings. The Morgan fingerprint density at radius 2 is 1.68 bits per heavy atom. The SMILES string of the molecule is Cc1cccc(-c2cncc3[nH]c(-c4n[nH]c5ccc(-c6ccncc6)nc45)nc23)c1. The second-order valence-electron chi connectivity index (χ2n) is 7.44. The van der Waals surface area contributed by atoms with Crippen molar-refractivity contribution in [3.05, 3.63) is 78.9 Å². The van der Waals surface area contributed by atoms with E-state index in [0.717, 1.165) is 44.5 Å². The van der Waals surface area contributed by atoms with E-state index in [4.69, 9.17) is 9.97 Å². The van der Waals surface area contributed by atoms with E-state index in [0.29, 0.717) is 11.5 Å². The molecule has 0 atom stereocenters. The Balaban J connectivity index is 1.52. The van der Waals surface area contributed by atoms with Gasteiger partial charge in [-0.2, -0.15) is 5.10 Å². The summed E-state index contributed by atoms with van der Waals surface area (Å²) in [5.41, 5.74) is 9.12. The lowest BCUT2D eigenvalue weighted by Crippen LogP contribution is -1.87. The first kappa shape index (κ1) is 17.5. The number of aromatic amines is 2. The molecule has 0 radical (unpaired) electrons. The fourth-order valence-corrected chi connectivity index (χ4v) is 3.82. The van der Waals surface area contributed by atoms with Crippen molar-refractivity contribution in [3.63, 3.8) is 0 Å². The van der Waals surface area contributed by atoms with E-state index in [1.54, 1.807) is 18.6 Å². The fourth-order valence-electron chi connectivity index (χ4n) is 3.82. The molecule has 0 saturated heterocycles. The van der Waals surface area contributed by atoms with E-state index in [-0.39, 0.29) is 0 Å². The normalized spacial score (nSPS) is 11.4. The molecule has 0 saturated carbocycles. The number of nitrogens with zero attached hydrogens (tertiary/aromatic N) is 5. The highest BCUT2D eigenvalue weighted by molar-refractivity contribution is 5.95. The van der Waals surface area contributed by atoms with Crippen LogP contribution in [-0.2, 0) is 0 Å². The van der Waals surface area contributed by atoms with Crippen molar-refractivity contribution < 1.29 is 0 Å². The highest BCUT2D eigenvalue weighted by atomic mass is 15.1. The van der Waals surface area contributed by atoms with Crippen LogP contribution in [0.4, 0.5) is 0 Å². The van der Waals surface area contributed by atoms with Gasteiger partial charge in [0.05, 0.1) is 28.4 Å². The molecule has 0 aliphatic rings. The molecule has 7 nitrogen and oxygen atoms in total.